The fourth-order valence-corrected chi connectivity index (χ4v) is 3.97. The molecule has 0 aromatic rings. The summed E-state index contributed by atoms with van der Waals surface area (Å²) in [5, 5.41) is 17.5. The number of likely N-dealkylation sites (tertiary alicyclic amines) is 1. The first kappa shape index (κ1) is 26.7. The number of carbonyl (C=O) groups excluding carboxylic acids is 3. The van der Waals surface area contributed by atoms with Gasteiger partial charge in [-0.3, -0.25) is 14.4 Å². The van der Waals surface area contributed by atoms with Gasteiger partial charge in [-0.25, -0.2) is 4.79 Å². The average Bonchev–Trinajstić information content (AvgIpc) is 2.76. The molecule has 2 heterocycles. The Morgan fingerprint density at radius 1 is 1.19 bits per heavy atom. The SMILES string of the molecule is C#CCNC(=O)C[C@H](NC(=O)[C@@H]1CCCN(C(=O)CCC2CCNCC2)C1)C(=O)O.Cl. The lowest BCUT2D eigenvalue weighted by molar-refractivity contribution is -0.145. The van der Waals surface area contributed by atoms with Gasteiger partial charge in [-0.05, 0) is 51.1 Å². The Morgan fingerprint density at radius 2 is 1.90 bits per heavy atom. The Hall–Kier alpha value is -2.31. The third kappa shape index (κ3) is 9.15. The molecule has 2 rings (SSSR count). The summed E-state index contributed by atoms with van der Waals surface area (Å²) in [5.41, 5.74) is 0. The van der Waals surface area contributed by atoms with Gasteiger partial charge in [-0.15, -0.1) is 18.8 Å². The number of carboxylic acid groups (broad SMARTS) is 1. The summed E-state index contributed by atoms with van der Waals surface area (Å²) in [6.07, 6.45) is 9.46. The summed E-state index contributed by atoms with van der Waals surface area (Å²) < 4.78 is 0. The van der Waals surface area contributed by atoms with Crippen LogP contribution in [0.1, 0.15) is 44.9 Å². The van der Waals surface area contributed by atoms with Crippen LogP contribution < -0.4 is 16.0 Å². The number of carbonyl (C=O) groups is 4. The van der Waals surface area contributed by atoms with Gasteiger partial charge >= 0.3 is 5.97 Å². The van der Waals surface area contributed by atoms with E-state index in [0.29, 0.717) is 31.7 Å². The van der Waals surface area contributed by atoms with E-state index in [0.717, 1.165) is 32.4 Å². The maximum Gasteiger partial charge on any atom is 0.326 e. The predicted octanol–water partition coefficient (Wildman–Crippen LogP) is 0.136. The molecule has 0 bridgehead atoms. The number of piperidine rings is 2. The number of terminal acetylenes is 1. The van der Waals surface area contributed by atoms with Crippen molar-refractivity contribution in [2.45, 2.75) is 51.0 Å². The molecule has 3 amide bonds. The zero-order valence-corrected chi connectivity index (χ0v) is 18.5. The molecule has 174 valence electrons. The summed E-state index contributed by atoms with van der Waals surface area (Å²) in [6.45, 7) is 2.89. The summed E-state index contributed by atoms with van der Waals surface area (Å²) in [4.78, 5) is 50.1. The number of rotatable bonds is 9. The molecule has 0 aliphatic carbocycles. The van der Waals surface area contributed by atoms with Gasteiger partial charge in [-0.2, -0.15) is 0 Å². The van der Waals surface area contributed by atoms with E-state index in [1.54, 1.807) is 4.90 Å². The quantitative estimate of drug-likeness (QED) is 0.365. The Labute approximate surface area is 189 Å². The molecule has 0 saturated carbocycles. The minimum atomic E-state index is -1.33. The van der Waals surface area contributed by atoms with E-state index in [-0.39, 0.29) is 31.4 Å². The number of halogens is 1. The van der Waals surface area contributed by atoms with E-state index in [1.807, 2.05) is 0 Å². The summed E-state index contributed by atoms with van der Waals surface area (Å²) in [6, 6.07) is -1.33. The average molecular weight is 457 g/mol. The Kier molecular flexibility index (Phi) is 12.0. The van der Waals surface area contributed by atoms with Crippen LogP contribution in [0.3, 0.4) is 0 Å². The maximum absolute atomic E-state index is 12.6. The van der Waals surface area contributed by atoms with Crippen LogP contribution in [-0.2, 0) is 19.2 Å². The number of hydrogen-bond donors (Lipinski definition) is 4. The highest BCUT2D eigenvalue weighted by Crippen LogP contribution is 2.21. The molecule has 2 aliphatic rings. The summed E-state index contributed by atoms with van der Waals surface area (Å²) in [5.74, 6) is 0.103. The number of nitrogens with zero attached hydrogens (tertiary/aromatic N) is 1. The fourth-order valence-electron chi connectivity index (χ4n) is 3.97. The van der Waals surface area contributed by atoms with Gasteiger partial charge in [0.25, 0.3) is 0 Å². The van der Waals surface area contributed by atoms with E-state index in [1.165, 1.54) is 0 Å². The highest BCUT2D eigenvalue weighted by atomic mass is 35.5. The van der Waals surface area contributed by atoms with Crippen molar-refractivity contribution in [3.8, 4) is 12.3 Å². The first-order chi connectivity index (χ1) is 14.4. The zero-order chi connectivity index (χ0) is 21.9. The van der Waals surface area contributed by atoms with E-state index in [4.69, 9.17) is 6.42 Å². The van der Waals surface area contributed by atoms with Crippen LogP contribution in [0.5, 0.6) is 0 Å². The zero-order valence-electron chi connectivity index (χ0n) is 17.7. The second-order valence-corrected chi connectivity index (χ2v) is 8.00. The number of hydrogen-bond acceptors (Lipinski definition) is 5. The number of aliphatic carboxylic acids is 1. The molecule has 31 heavy (non-hydrogen) atoms. The lowest BCUT2D eigenvalue weighted by Crippen LogP contribution is -2.50. The Bertz CT molecular complexity index is 675. The topological polar surface area (TPSA) is 128 Å². The molecule has 2 fully saturated rings. The van der Waals surface area contributed by atoms with Crippen molar-refractivity contribution in [3.05, 3.63) is 0 Å². The van der Waals surface area contributed by atoms with Crippen molar-refractivity contribution in [2.75, 3.05) is 32.7 Å². The minimum absolute atomic E-state index is 0. The Morgan fingerprint density at radius 3 is 2.55 bits per heavy atom. The monoisotopic (exact) mass is 456 g/mol. The Balaban J connectivity index is 0.00000480. The van der Waals surface area contributed by atoms with Gasteiger partial charge in [0.1, 0.15) is 6.04 Å². The van der Waals surface area contributed by atoms with Gasteiger partial charge < -0.3 is 26.0 Å². The molecule has 0 aromatic carbocycles. The van der Waals surface area contributed by atoms with Crippen LogP contribution in [0.15, 0.2) is 0 Å². The number of nitrogens with one attached hydrogen (secondary N) is 3. The van der Waals surface area contributed by atoms with Gasteiger partial charge in [-0.1, -0.05) is 5.92 Å². The van der Waals surface area contributed by atoms with Gasteiger partial charge in [0.2, 0.25) is 17.7 Å². The molecule has 0 aromatic heterocycles. The lowest BCUT2D eigenvalue weighted by atomic mass is 9.92. The second kappa shape index (κ2) is 13.9. The van der Waals surface area contributed by atoms with Crippen molar-refractivity contribution in [1.82, 2.24) is 20.9 Å². The fraction of sp³-hybridized carbons (Fsp3) is 0.714. The summed E-state index contributed by atoms with van der Waals surface area (Å²) >= 11 is 0. The largest absolute Gasteiger partial charge is 0.480 e. The molecule has 4 N–H and O–H groups in total. The minimum Gasteiger partial charge on any atom is -0.480 e. The lowest BCUT2D eigenvalue weighted by Gasteiger charge is -2.33. The van der Waals surface area contributed by atoms with Crippen molar-refractivity contribution in [1.29, 1.82) is 0 Å². The van der Waals surface area contributed by atoms with Crippen LogP contribution in [0.2, 0.25) is 0 Å². The molecule has 9 nitrogen and oxygen atoms in total. The van der Waals surface area contributed by atoms with Gasteiger partial charge in [0.05, 0.1) is 18.9 Å². The normalized spacial score (nSPS) is 20.0. The third-order valence-electron chi connectivity index (χ3n) is 5.76. The van der Waals surface area contributed by atoms with Crippen molar-refractivity contribution >= 4 is 36.1 Å². The molecular formula is C21H33ClN4O5. The number of amides is 3. The molecule has 10 heteroatoms. The van der Waals surface area contributed by atoms with E-state index >= 15 is 0 Å². The third-order valence-corrected chi connectivity index (χ3v) is 5.76. The predicted molar refractivity (Wildman–Crippen MR) is 117 cm³/mol. The molecule has 2 saturated heterocycles. The molecule has 2 atom stereocenters. The van der Waals surface area contributed by atoms with Crippen LogP contribution in [-0.4, -0.2) is 72.5 Å². The smallest absolute Gasteiger partial charge is 0.326 e. The summed E-state index contributed by atoms with van der Waals surface area (Å²) in [7, 11) is 0. The molecule has 0 radical (unpaired) electrons. The van der Waals surface area contributed by atoms with Crippen molar-refractivity contribution in [3.63, 3.8) is 0 Å². The van der Waals surface area contributed by atoms with E-state index in [2.05, 4.69) is 21.9 Å². The van der Waals surface area contributed by atoms with Crippen LogP contribution >= 0.6 is 12.4 Å². The van der Waals surface area contributed by atoms with Crippen LogP contribution in [0.25, 0.3) is 0 Å². The highest BCUT2D eigenvalue weighted by molar-refractivity contribution is 5.89. The van der Waals surface area contributed by atoms with Crippen LogP contribution in [0.4, 0.5) is 0 Å². The van der Waals surface area contributed by atoms with Crippen LogP contribution in [0, 0.1) is 24.2 Å². The molecule has 0 spiro atoms. The van der Waals surface area contributed by atoms with Gasteiger partial charge in [0.15, 0.2) is 0 Å². The standard InChI is InChI=1S/C21H32N4O5.ClH/c1-2-9-23-18(26)13-17(21(29)30)24-20(28)16-4-3-12-25(14-16)19(27)6-5-15-7-10-22-11-8-15;/h1,15-17,22H,3-14H2,(H,23,26)(H,24,28)(H,29,30);1H/t16-,17+;/m1./s1. The number of carboxylic acids is 1. The highest BCUT2D eigenvalue weighted by Gasteiger charge is 2.31. The maximum atomic E-state index is 12.6. The molecule has 2 aliphatic heterocycles. The molecule has 0 unspecified atom stereocenters. The van der Waals surface area contributed by atoms with E-state index < -0.39 is 36.2 Å². The van der Waals surface area contributed by atoms with Crippen molar-refractivity contribution in [2.24, 2.45) is 11.8 Å². The van der Waals surface area contributed by atoms with Gasteiger partial charge in [0, 0.05) is 19.5 Å². The second-order valence-electron chi connectivity index (χ2n) is 8.00. The first-order valence-corrected chi connectivity index (χ1v) is 10.6. The first-order valence-electron chi connectivity index (χ1n) is 10.6. The molecular weight excluding hydrogens is 424 g/mol. The van der Waals surface area contributed by atoms with E-state index in [9.17, 15) is 24.3 Å². The van der Waals surface area contributed by atoms with Crippen molar-refractivity contribution < 1.29 is 24.3 Å².